The van der Waals surface area contributed by atoms with E-state index in [0.29, 0.717) is 31.7 Å². The van der Waals surface area contributed by atoms with E-state index < -0.39 is 0 Å². The highest BCUT2D eigenvalue weighted by Crippen LogP contribution is 2.13. The molecule has 1 aromatic heterocycles. The summed E-state index contributed by atoms with van der Waals surface area (Å²) in [5, 5.41) is 0. The number of hydrogen-bond acceptors (Lipinski definition) is 3. The molecule has 0 saturated heterocycles. The Kier molecular flexibility index (Phi) is 6.30. The van der Waals surface area contributed by atoms with E-state index >= 15 is 0 Å². The van der Waals surface area contributed by atoms with Crippen molar-refractivity contribution in [1.82, 2.24) is 0 Å². The summed E-state index contributed by atoms with van der Waals surface area (Å²) in [6.07, 6.45) is 0. The summed E-state index contributed by atoms with van der Waals surface area (Å²) in [6.45, 7) is 11.2. The van der Waals surface area contributed by atoms with Gasteiger partial charge in [-0.05, 0) is 30.9 Å². The second kappa shape index (κ2) is 7.51. The van der Waals surface area contributed by atoms with E-state index in [1.165, 1.54) is 0 Å². The fraction of sp³-hybridized carbons (Fsp3) is 0.714. The molecule has 0 radical (unpaired) electrons. The summed E-state index contributed by atoms with van der Waals surface area (Å²) in [5.41, 5.74) is 0. The zero-order chi connectivity index (χ0) is 12.7. The largest absolute Gasteiger partial charge is 0.461 e. The van der Waals surface area contributed by atoms with Gasteiger partial charge >= 0.3 is 0 Å². The summed E-state index contributed by atoms with van der Waals surface area (Å²) in [7, 11) is 0. The van der Waals surface area contributed by atoms with Gasteiger partial charge in [-0.25, -0.2) is 0 Å². The minimum absolute atomic E-state index is 0.541. The van der Waals surface area contributed by atoms with Gasteiger partial charge in [-0.2, -0.15) is 0 Å². The normalized spacial score (nSPS) is 13.2. The Bertz CT molecular complexity index is 304. The van der Waals surface area contributed by atoms with E-state index in [1.807, 2.05) is 19.1 Å². The predicted molar refractivity (Wildman–Crippen MR) is 67.7 cm³/mol. The van der Waals surface area contributed by atoms with Crippen molar-refractivity contribution in [2.75, 3.05) is 13.2 Å². The van der Waals surface area contributed by atoms with Crippen LogP contribution in [0.1, 0.15) is 39.2 Å². The highest BCUT2D eigenvalue weighted by Gasteiger charge is 2.08. The van der Waals surface area contributed by atoms with Crippen LogP contribution < -0.4 is 0 Å². The molecule has 1 unspecified atom stereocenters. The van der Waals surface area contributed by atoms with Crippen molar-refractivity contribution < 1.29 is 13.9 Å². The van der Waals surface area contributed by atoms with Crippen LogP contribution in [0, 0.1) is 11.8 Å². The van der Waals surface area contributed by atoms with Crippen LogP contribution in [0.3, 0.4) is 0 Å². The van der Waals surface area contributed by atoms with Crippen LogP contribution in [0.25, 0.3) is 0 Å². The number of hydrogen-bond donors (Lipinski definition) is 0. The summed E-state index contributed by atoms with van der Waals surface area (Å²) in [4.78, 5) is 0. The van der Waals surface area contributed by atoms with E-state index in [9.17, 15) is 0 Å². The predicted octanol–water partition coefficient (Wildman–Crippen LogP) is 3.62. The molecule has 0 aliphatic carbocycles. The summed E-state index contributed by atoms with van der Waals surface area (Å²) < 4.78 is 16.5. The van der Waals surface area contributed by atoms with Crippen molar-refractivity contribution >= 4 is 0 Å². The molecule has 0 fully saturated rings. The van der Waals surface area contributed by atoms with Gasteiger partial charge in [0.15, 0.2) is 0 Å². The molecule has 0 bridgehead atoms. The van der Waals surface area contributed by atoms with Crippen molar-refractivity contribution in [3.8, 4) is 0 Å². The van der Waals surface area contributed by atoms with Gasteiger partial charge in [0.1, 0.15) is 24.7 Å². The first-order valence-corrected chi connectivity index (χ1v) is 6.36. The summed E-state index contributed by atoms with van der Waals surface area (Å²) in [5.74, 6) is 2.96. The highest BCUT2D eigenvalue weighted by atomic mass is 16.5. The Labute approximate surface area is 104 Å². The van der Waals surface area contributed by atoms with Crippen LogP contribution in [-0.4, -0.2) is 13.2 Å². The van der Waals surface area contributed by atoms with Gasteiger partial charge in [0.25, 0.3) is 0 Å². The first-order chi connectivity index (χ1) is 8.13. The monoisotopic (exact) mass is 240 g/mol. The van der Waals surface area contributed by atoms with Gasteiger partial charge in [-0.3, -0.25) is 0 Å². The zero-order valence-electron chi connectivity index (χ0n) is 11.4. The van der Waals surface area contributed by atoms with Crippen molar-refractivity contribution in [2.45, 2.75) is 40.9 Å². The topological polar surface area (TPSA) is 31.6 Å². The molecule has 0 saturated carbocycles. The quantitative estimate of drug-likeness (QED) is 0.695. The van der Waals surface area contributed by atoms with Crippen molar-refractivity contribution in [3.05, 3.63) is 23.7 Å². The van der Waals surface area contributed by atoms with Crippen molar-refractivity contribution in [3.63, 3.8) is 0 Å². The summed E-state index contributed by atoms with van der Waals surface area (Å²) >= 11 is 0. The Morgan fingerprint density at radius 3 is 2.18 bits per heavy atom. The van der Waals surface area contributed by atoms with Crippen LogP contribution >= 0.6 is 0 Å². The molecular formula is C14H24O3. The Balaban J connectivity index is 2.25. The van der Waals surface area contributed by atoms with Crippen molar-refractivity contribution in [1.29, 1.82) is 0 Å². The first kappa shape index (κ1) is 14.3. The van der Waals surface area contributed by atoms with E-state index in [0.717, 1.165) is 18.1 Å². The van der Waals surface area contributed by atoms with Crippen LogP contribution in [0.15, 0.2) is 16.5 Å². The molecule has 0 spiro atoms. The van der Waals surface area contributed by atoms with Crippen LogP contribution in [0.2, 0.25) is 0 Å². The van der Waals surface area contributed by atoms with Gasteiger partial charge in [0.2, 0.25) is 0 Å². The number of rotatable bonds is 8. The molecule has 98 valence electrons. The Morgan fingerprint density at radius 2 is 1.65 bits per heavy atom. The third kappa shape index (κ3) is 5.37. The molecular weight excluding hydrogens is 216 g/mol. The molecule has 17 heavy (non-hydrogen) atoms. The minimum atomic E-state index is 0.541. The van der Waals surface area contributed by atoms with Gasteiger partial charge < -0.3 is 13.9 Å². The lowest BCUT2D eigenvalue weighted by Crippen LogP contribution is -2.11. The fourth-order valence-corrected chi connectivity index (χ4v) is 1.32. The number of ether oxygens (including phenoxy) is 2. The Morgan fingerprint density at radius 1 is 1.06 bits per heavy atom. The van der Waals surface area contributed by atoms with Crippen LogP contribution in [-0.2, 0) is 22.7 Å². The standard InChI is InChI=1S/C14H24O3/c1-5-15-9-13-6-7-14(17-13)10-16-8-12(4)11(2)3/h6-7,11-12H,5,8-10H2,1-4H3. The molecule has 3 nitrogen and oxygen atoms in total. The molecule has 0 N–H and O–H groups in total. The average molecular weight is 240 g/mol. The van der Waals surface area contributed by atoms with Crippen LogP contribution in [0.5, 0.6) is 0 Å². The van der Waals surface area contributed by atoms with Gasteiger partial charge in [-0.1, -0.05) is 20.8 Å². The van der Waals surface area contributed by atoms with Gasteiger partial charge in [-0.15, -0.1) is 0 Å². The van der Waals surface area contributed by atoms with E-state index in [4.69, 9.17) is 13.9 Å². The Hall–Kier alpha value is -0.800. The molecule has 0 aliphatic rings. The zero-order valence-corrected chi connectivity index (χ0v) is 11.4. The molecule has 1 atom stereocenters. The maximum atomic E-state index is 5.63. The SMILES string of the molecule is CCOCc1ccc(COCC(C)C(C)C)o1. The van der Waals surface area contributed by atoms with Crippen LogP contribution in [0.4, 0.5) is 0 Å². The smallest absolute Gasteiger partial charge is 0.129 e. The molecule has 1 aromatic rings. The highest BCUT2D eigenvalue weighted by molar-refractivity contribution is 5.05. The fourth-order valence-electron chi connectivity index (χ4n) is 1.32. The maximum Gasteiger partial charge on any atom is 0.129 e. The lowest BCUT2D eigenvalue weighted by Gasteiger charge is -2.14. The molecule has 0 aromatic carbocycles. The second-order valence-corrected chi connectivity index (χ2v) is 4.74. The van der Waals surface area contributed by atoms with E-state index in [2.05, 4.69) is 20.8 Å². The van der Waals surface area contributed by atoms with E-state index in [1.54, 1.807) is 0 Å². The second-order valence-electron chi connectivity index (χ2n) is 4.74. The maximum absolute atomic E-state index is 5.63. The minimum Gasteiger partial charge on any atom is -0.461 e. The molecule has 1 rings (SSSR count). The molecule has 0 amide bonds. The lowest BCUT2D eigenvalue weighted by atomic mass is 9.99. The molecule has 1 heterocycles. The van der Waals surface area contributed by atoms with E-state index in [-0.39, 0.29) is 0 Å². The molecule has 3 heteroatoms. The summed E-state index contributed by atoms with van der Waals surface area (Å²) in [6, 6.07) is 3.90. The third-order valence-electron chi connectivity index (χ3n) is 2.93. The number of furan rings is 1. The first-order valence-electron chi connectivity index (χ1n) is 6.36. The van der Waals surface area contributed by atoms with Gasteiger partial charge in [0.05, 0.1) is 0 Å². The van der Waals surface area contributed by atoms with Crippen molar-refractivity contribution in [2.24, 2.45) is 11.8 Å². The van der Waals surface area contributed by atoms with Gasteiger partial charge in [0, 0.05) is 13.2 Å². The lowest BCUT2D eigenvalue weighted by molar-refractivity contribution is 0.0635. The molecule has 0 aliphatic heterocycles. The average Bonchev–Trinajstić information content (AvgIpc) is 2.74. The third-order valence-corrected chi connectivity index (χ3v) is 2.93.